The zero-order valence-corrected chi connectivity index (χ0v) is 11.3. The van der Waals surface area contributed by atoms with Gasteiger partial charge in [0.1, 0.15) is 0 Å². The summed E-state index contributed by atoms with van der Waals surface area (Å²) in [4.78, 5) is 11.3. The number of hydrogen-bond donors (Lipinski definition) is 1. The van der Waals surface area contributed by atoms with Gasteiger partial charge >= 0.3 is 5.97 Å². The van der Waals surface area contributed by atoms with Gasteiger partial charge in [-0.2, -0.15) is 0 Å². The smallest absolute Gasteiger partial charge is 0.307 e. The first-order valence-electron chi connectivity index (χ1n) is 6.35. The Kier molecular flexibility index (Phi) is 5.19. The quantitative estimate of drug-likeness (QED) is 0.903. The first kappa shape index (κ1) is 14.3. The van der Waals surface area contributed by atoms with Crippen LogP contribution in [-0.4, -0.2) is 30.6 Å². The number of rotatable bonds is 5. The van der Waals surface area contributed by atoms with Crippen LogP contribution in [0.15, 0.2) is 24.3 Å². The average molecular weight is 285 g/mol. The molecule has 1 atom stereocenters. The van der Waals surface area contributed by atoms with Crippen molar-refractivity contribution in [1.82, 2.24) is 0 Å². The summed E-state index contributed by atoms with van der Waals surface area (Å²) >= 11 is 5.81. The van der Waals surface area contributed by atoms with Crippen molar-refractivity contribution >= 4 is 17.6 Å². The van der Waals surface area contributed by atoms with Crippen LogP contribution in [0.25, 0.3) is 0 Å². The lowest BCUT2D eigenvalue weighted by molar-refractivity contribution is -0.190. The molecule has 2 rings (SSSR count). The molecule has 0 aromatic heterocycles. The number of carboxylic acid groups (broad SMARTS) is 1. The molecule has 1 aromatic carbocycles. The molecular formula is C14H17ClO4. The van der Waals surface area contributed by atoms with Crippen molar-refractivity contribution in [2.24, 2.45) is 5.92 Å². The SMILES string of the molecule is O=C(O)[C@@H](Cc1ccc(Cl)cc1)CC1OCCCO1. The Balaban J connectivity index is 1.95. The molecule has 0 radical (unpaired) electrons. The van der Waals surface area contributed by atoms with E-state index in [0.717, 1.165) is 12.0 Å². The maximum Gasteiger partial charge on any atom is 0.307 e. The fourth-order valence-corrected chi connectivity index (χ4v) is 2.21. The van der Waals surface area contributed by atoms with Gasteiger partial charge in [-0.05, 0) is 30.5 Å². The second-order valence-corrected chi connectivity index (χ2v) is 5.06. The number of carboxylic acids is 1. The minimum absolute atomic E-state index is 0.373. The summed E-state index contributed by atoms with van der Waals surface area (Å²) in [7, 11) is 0. The van der Waals surface area contributed by atoms with Gasteiger partial charge in [0, 0.05) is 11.4 Å². The number of halogens is 1. The highest BCUT2D eigenvalue weighted by molar-refractivity contribution is 6.30. The minimum Gasteiger partial charge on any atom is -0.481 e. The molecule has 1 saturated heterocycles. The van der Waals surface area contributed by atoms with E-state index in [9.17, 15) is 9.90 Å². The molecule has 0 unspecified atom stereocenters. The Hall–Kier alpha value is -1.10. The van der Waals surface area contributed by atoms with Crippen LogP contribution in [0.2, 0.25) is 5.02 Å². The van der Waals surface area contributed by atoms with Crippen molar-refractivity contribution in [1.29, 1.82) is 0 Å². The lowest BCUT2D eigenvalue weighted by Crippen LogP contribution is -2.30. The highest BCUT2D eigenvalue weighted by atomic mass is 35.5. The maximum atomic E-state index is 11.3. The zero-order chi connectivity index (χ0) is 13.7. The summed E-state index contributed by atoms with van der Waals surface area (Å²) in [6.45, 7) is 1.27. The lowest BCUT2D eigenvalue weighted by Gasteiger charge is -2.25. The molecular weight excluding hydrogens is 268 g/mol. The summed E-state index contributed by atoms with van der Waals surface area (Å²) in [5, 5.41) is 9.93. The van der Waals surface area contributed by atoms with Gasteiger partial charge in [-0.1, -0.05) is 23.7 Å². The summed E-state index contributed by atoms with van der Waals surface area (Å²) in [6.07, 6.45) is 1.29. The van der Waals surface area contributed by atoms with Gasteiger partial charge in [-0.3, -0.25) is 4.79 Å². The summed E-state index contributed by atoms with van der Waals surface area (Å²) in [6, 6.07) is 7.23. The molecule has 104 valence electrons. The predicted molar refractivity (Wildman–Crippen MR) is 71.2 cm³/mol. The third-order valence-electron chi connectivity index (χ3n) is 3.12. The Morgan fingerprint density at radius 3 is 2.53 bits per heavy atom. The second kappa shape index (κ2) is 6.89. The Labute approximate surface area is 117 Å². The monoisotopic (exact) mass is 284 g/mol. The fourth-order valence-electron chi connectivity index (χ4n) is 2.08. The molecule has 1 aliphatic heterocycles. The van der Waals surface area contributed by atoms with Crippen LogP contribution >= 0.6 is 11.6 Å². The van der Waals surface area contributed by atoms with Crippen LogP contribution in [0.3, 0.4) is 0 Å². The molecule has 1 aromatic rings. The first-order valence-corrected chi connectivity index (χ1v) is 6.73. The van der Waals surface area contributed by atoms with E-state index in [-0.39, 0.29) is 0 Å². The third kappa shape index (κ3) is 4.49. The van der Waals surface area contributed by atoms with Gasteiger partial charge < -0.3 is 14.6 Å². The number of aliphatic carboxylic acids is 1. The molecule has 0 bridgehead atoms. The molecule has 0 saturated carbocycles. The van der Waals surface area contributed by atoms with Crippen LogP contribution in [0.5, 0.6) is 0 Å². The summed E-state index contributed by atoms with van der Waals surface area (Å²) in [5.74, 6) is -1.34. The van der Waals surface area contributed by atoms with Crippen LogP contribution in [0.4, 0.5) is 0 Å². The molecule has 1 fully saturated rings. The normalized spacial score (nSPS) is 18.2. The molecule has 19 heavy (non-hydrogen) atoms. The van der Waals surface area contributed by atoms with Gasteiger partial charge in [0.15, 0.2) is 6.29 Å². The average Bonchev–Trinajstić information content (AvgIpc) is 2.41. The summed E-state index contributed by atoms with van der Waals surface area (Å²) in [5.41, 5.74) is 0.951. The fraction of sp³-hybridized carbons (Fsp3) is 0.500. The van der Waals surface area contributed by atoms with Gasteiger partial charge in [0.2, 0.25) is 0 Å². The second-order valence-electron chi connectivity index (χ2n) is 4.63. The van der Waals surface area contributed by atoms with Crippen LogP contribution in [0.1, 0.15) is 18.4 Å². The van der Waals surface area contributed by atoms with Crippen LogP contribution in [0, 0.1) is 5.92 Å². The Morgan fingerprint density at radius 1 is 1.32 bits per heavy atom. The first-order chi connectivity index (χ1) is 9.15. The van der Waals surface area contributed by atoms with E-state index in [1.54, 1.807) is 12.1 Å². The number of hydrogen-bond acceptors (Lipinski definition) is 3. The van der Waals surface area contributed by atoms with Crippen molar-refractivity contribution in [2.75, 3.05) is 13.2 Å². The maximum absolute atomic E-state index is 11.3. The minimum atomic E-state index is -0.826. The van der Waals surface area contributed by atoms with E-state index in [4.69, 9.17) is 21.1 Å². The Bertz CT molecular complexity index is 412. The van der Waals surface area contributed by atoms with Gasteiger partial charge in [-0.25, -0.2) is 0 Å². The van der Waals surface area contributed by atoms with Crippen molar-refractivity contribution in [3.05, 3.63) is 34.9 Å². The van der Waals surface area contributed by atoms with Crippen LogP contribution < -0.4 is 0 Å². The van der Waals surface area contributed by atoms with Crippen molar-refractivity contribution in [2.45, 2.75) is 25.6 Å². The van der Waals surface area contributed by atoms with Crippen molar-refractivity contribution < 1.29 is 19.4 Å². The molecule has 4 nitrogen and oxygen atoms in total. The summed E-state index contributed by atoms with van der Waals surface area (Å²) < 4.78 is 10.8. The molecule has 1 N–H and O–H groups in total. The van der Waals surface area contributed by atoms with Crippen molar-refractivity contribution in [3.63, 3.8) is 0 Å². The van der Waals surface area contributed by atoms with Gasteiger partial charge in [0.05, 0.1) is 19.1 Å². The molecule has 0 aliphatic carbocycles. The number of carbonyl (C=O) groups is 1. The predicted octanol–water partition coefficient (Wildman–Crippen LogP) is 2.74. The van der Waals surface area contributed by atoms with E-state index < -0.39 is 18.2 Å². The largest absolute Gasteiger partial charge is 0.481 e. The van der Waals surface area contributed by atoms with Gasteiger partial charge in [0.25, 0.3) is 0 Å². The van der Waals surface area contributed by atoms with Crippen LogP contribution in [-0.2, 0) is 20.7 Å². The lowest BCUT2D eigenvalue weighted by atomic mass is 9.96. The third-order valence-corrected chi connectivity index (χ3v) is 3.37. The van der Waals surface area contributed by atoms with E-state index >= 15 is 0 Å². The standard InChI is InChI=1S/C14H17ClO4/c15-12-4-2-10(3-5-12)8-11(14(16)17)9-13-18-6-1-7-19-13/h2-5,11,13H,1,6-9H2,(H,16,17)/t11-/m0/s1. The molecule has 1 heterocycles. The highest BCUT2D eigenvalue weighted by Crippen LogP contribution is 2.20. The Morgan fingerprint density at radius 2 is 1.95 bits per heavy atom. The molecule has 5 heteroatoms. The molecule has 0 spiro atoms. The highest BCUT2D eigenvalue weighted by Gasteiger charge is 2.25. The van der Waals surface area contributed by atoms with E-state index in [0.29, 0.717) is 31.1 Å². The topological polar surface area (TPSA) is 55.8 Å². The molecule has 1 aliphatic rings. The number of benzene rings is 1. The zero-order valence-electron chi connectivity index (χ0n) is 10.5. The van der Waals surface area contributed by atoms with Gasteiger partial charge in [-0.15, -0.1) is 0 Å². The molecule has 0 amide bonds. The van der Waals surface area contributed by atoms with E-state index in [1.807, 2.05) is 12.1 Å². The van der Waals surface area contributed by atoms with Crippen molar-refractivity contribution in [3.8, 4) is 0 Å². The van der Waals surface area contributed by atoms with E-state index in [1.165, 1.54) is 0 Å². The van der Waals surface area contributed by atoms with E-state index in [2.05, 4.69) is 0 Å². The number of ether oxygens (including phenoxy) is 2.